The van der Waals surface area contributed by atoms with Crippen LogP contribution in [-0.4, -0.2) is 31.8 Å². The maximum Gasteiger partial charge on any atom is 0.271 e. The van der Waals surface area contributed by atoms with Crippen molar-refractivity contribution in [3.8, 4) is 11.4 Å². The Balaban J connectivity index is 1.35. The minimum atomic E-state index is -0.286. The standard InChI is InChI=1S/C23H19IN6O2/c1-16(19-3-2-4-21(13-19)30-15-25-28-29-30)26-27-23(31)18-7-5-17(6-8-18)14-32-22-11-9-20(24)10-12-22/h2-13,15H,14H2,1H3,(H,27,31)/b26-16-. The highest BCUT2D eigenvalue weighted by atomic mass is 127. The van der Waals surface area contributed by atoms with Gasteiger partial charge in [0.1, 0.15) is 18.7 Å². The van der Waals surface area contributed by atoms with Crippen molar-refractivity contribution < 1.29 is 9.53 Å². The molecule has 1 amide bonds. The van der Waals surface area contributed by atoms with Crippen LogP contribution >= 0.6 is 22.6 Å². The number of amides is 1. The van der Waals surface area contributed by atoms with Gasteiger partial charge in [0, 0.05) is 9.13 Å². The van der Waals surface area contributed by atoms with Crippen LogP contribution in [0.3, 0.4) is 0 Å². The molecule has 0 saturated carbocycles. The van der Waals surface area contributed by atoms with Crippen molar-refractivity contribution in [2.24, 2.45) is 5.10 Å². The molecule has 32 heavy (non-hydrogen) atoms. The fraction of sp³-hybridized carbons (Fsp3) is 0.0870. The SMILES string of the molecule is C/C(=N/NC(=O)c1ccc(COc2ccc(I)cc2)cc1)c1cccc(-n2cnnn2)c1. The molecule has 0 atom stereocenters. The lowest BCUT2D eigenvalue weighted by atomic mass is 10.1. The molecule has 4 aromatic rings. The molecule has 0 fully saturated rings. The molecule has 1 heterocycles. The van der Waals surface area contributed by atoms with E-state index in [1.165, 1.54) is 6.33 Å². The lowest BCUT2D eigenvalue weighted by Gasteiger charge is -2.08. The molecule has 1 N–H and O–H groups in total. The summed E-state index contributed by atoms with van der Waals surface area (Å²) < 4.78 is 8.48. The molecule has 0 radical (unpaired) electrons. The number of hydrazone groups is 1. The molecule has 3 aromatic carbocycles. The number of aromatic nitrogens is 4. The zero-order chi connectivity index (χ0) is 22.3. The molecular weight excluding hydrogens is 519 g/mol. The summed E-state index contributed by atoms with van der Waals surface area (Å²) in [4.78, 5) is 12.5. The molecule has 0 unspecified atom stereocenters. The lowest BCUT2D eigenvalue weighted by Crippen LogP contribution is -2.19. The molecule has 160 valence electrons. The maximum atomic E-state index is 12.5. The Kier molecular flexibility index (Phi) is 6.85. The van der Waals surface area contributed by atoms with Gasteiger partial charge in [-0.1, -0.05) is 24.3 Å². The molecule has 4 rings (SSSR count). The summed E-state index contributed by atoms with van der Waals surface area (Å²) in [6.07, 6.45) is 1.52. The lowest BCUT2D eigenvalue weighted by molar-refractivity contribution is 0.0955. The Labute approximate surface area is 198 Å². The molecule has 8 nitrogen and oxygen atoms in total. The molecule has 0 aliphatic heterocycles. The van der Waals surface area contributed by atoms with Gasteiger partial charge in [-0.25, -0.2) is 10.1 Å². The van der Waals surface area contributed by atoms with Crippen LogP contribution in [0.15, 0.2) is 84.2 Å². The Bertz CT molecular complexity index is 1220. The third-order valence-corrected chi connectivity index (χ3v) is 5.36. The van der Waals surface area contributed by atoms with Gasteiger partial charge in [0.25, 0.3) is 5.91 Å². The Morgan fingerprint density at radius 3 is 2.56 bits per heavy atom. The van der Waals surface area contributed by atoms with Gasteiger partial charge >= 0.3 is 0 Å². The molecule has 0 aliphatic rings. The topological polar surface area (TPSA) is 94.3 Å². The van der Waals surface area contributed by atoms with Crippen LogP contribution in [0.25, 0.3) is 5.69 Å². The zero-order valence-corrected chi connectivity index (χ0v) is 19.3. The largest absolute Gasteiger partial charge is 0.489 e. The van der Waals surface area contributed by atoms with Crippen LogP contribution < -0.4 is 10.2 Å². The number of carbonyl (C=O) groups excluding carboxylic acids is 1. The maximum absolute atomic E-state index is 12.5. The van der Waals surface area contributed by atoms with Crippen molar-refractivity contribution in [1.82, 2.24) is 25.6 Å². The van der Waals surface area contributed by atoms with E-state index in [1.807, 2.05) is 67.6 Å². The second kappa shape index (κ2) is 10.1. The van der Waals surface area contributed by atoms with E-state index >= 15 is 0 Å². The minimum absolute atomic E-state index is 0.286. The second-order valence-electron chi connectivity index (χ2n) is 6.88. The highest BCUT2D eigenvalue weighted by Crippen LogP contribution is 2.16. The second-order valence-corrected chi connectivity index (χ2v) is 8.13. The number of carbonyl (C=O) groups is 1. The van der Waals surface area contributed by atoms with Crippen molar-refractivity contribution >= 4 is 34.2 Å². The van der Waals surface area contributed by atoms with Gasteiger partial charge < -0.3 is 4.74 Å². The smallest absolute Gasteiger partial charge is 0.271 e. The number of halogens is 1. The van der Waals surface area contributed by atoms with Gasteiger partial charge in [-0.3, -0.25) is 4.79 Å². The van der Waals surface area contributed by atoms with E-state index in [0.29, 0.717) is 17.9 Å². The van der Waals surface area contributed by atoms with E-state index in [1.54, 1.807) is 16.8 Å². The zero-order valence-electron chi connectivity index (χ0n) is 17.1. The van der Waals surface area contributed by atoms with Gasteiger partial charge in [-0.05, 0) is 99.6 Å². The summed E-state index contributed by atoms with van der Waals surface area (Å²) in [5, 5.41) is 15.4. The summed E-state index contributed by atoms with van der Waals surface area (Å²) >= 11 is 2.25. The first-order chi connectivity index (χ1) is 15.6. The van der Waals surface area contributed by atoms with E-state index < -0.39 is 0 Å². The predicted molar refractivity (Wildman–Crippen MR) is 129 cm³/mol. The Morgan fingerprint density at radius 2 is 1.84 bits per heavy atom. The van der Waals surface area contributed by atoms with Crippen LogP contribution in [0, 0.1) is 3.57 Å². The Morgan fingerprint density at radius 1 is 1.06 bits per heavy atom. The average molecular weight is 538 g/mol. The molecule has 0 aliphatic carbocycles. The summed E-state index contributed by atoms with van der Waals surface area (Å²) in [6.45, 7) is 2.25. The van der Waals surface area contributed by atoms with E-state index in [9.17, 15) is 4.79 Å². The van der Waals surface area contributed by atoms with Crippen LogP contribution in [0.4, 0.5) is 0 Å². The number of hydrogen-bond donors (Lipinski definition) is 1. The fourth-order valence-electron chi connectivity index (χ4n) is 2.87. The molecule has 0 saturated heterocycles. The third kappa shape index (κ3) is 5.55. The summed E-state index contributed by atoms with van der Waals surface area (Å²) in [5.74, 6) is 0.521. The Hall–Kier alpha value is -3.60. The summed E-state index contributed by atoms with van der Waals surface area (Å²) in [6, 6.07) is 22.7. The first kappa shape index (κ1) is 21.6. The number of nitrogens with one attached hydrogen (secondary N) is 1. The van der Waals surface area contributed by atoms with Gasteiger partial charge in [0.15, 0.2) is 0 Å². The van der Waals surface area contributed by atoms with Crippen molar-refractivity contribution in [2.45, 2.75) is 13.5 Å². The highest BCUT2D eigenvalue weighted by Gasteiger charge is 2.07. The minimum Gasteiger partial charge on any atom is -0.489 e. The first-order valence-corrected chi connectivity index (χ1v) is 10.8. The van der Waals surface area contributed by atoms with Crippen LogP contribution in [0.5, 0.6) is 5.75 Å². The van der Waals surface area contributed by atoms with Crippen molar-refractivity contribution in [3.05, 3.63) is 99.4 Å². The molecule has 1 aromatic heterocycles. The summed E-state index contributed by atoms with van der Waals surface area (Å²) in [7, 11) is 0. The van der Waals surface area contributed by atoms with Crippen LogP contribution in [0.2, 0.25) is 0 Å². The molecule has 9 heteroatoms. The predicted octanol–water partition coefficient (Wildman–Crippen LogP) is 4.00. The summed E-state index contributed by atoms with van der Waals surface area (Å²) in [5.41, 5.74) is 6.40. The first-order valence-electron chi connectivity index (χ1n) is 9.74. The third-order valence-electron chi connectivity index (χ3n) is 4.64. The number of hydrogen-bond acceptors (Lipinski definition) is 6. The monoisotopic (exact) mass is 538 g/mol. The molecule has 0 bridgehead atoms. The molecular formula is C23H19IN6O2. The quantitative estimate of drug-likeness (QED) is 0.218. The van der Waals surface area contributed by atoms with Gasteiger partial charge in [-0.15, -0.1) is 5.10 Å². The van der Waals surface area contributed by atoms with E-state index in [2.05, 4.69) is 48.6 Å². The van der Waals surface area contributed by atoms with Crippen LogP contribution in [0.1, 0.15) is 28.4 Å². The van der Waals surface area contributed by atoms with Crippen molar-refractivity contribution in [3.63, 3.8) is 0 Å². The van der Waals surface area contributed by atoms with Gasteiger partial charge in [-0.2, -0.15) is 5.10 Å². The number of nitrogens with zero attached hydrogens (tertiary/aromatic N) is 5. The number of ether oxygens (including phenoxy) is 1. The van der Waals surface area contributed by atoms with Crippen molar-refractivity contribution in [1.29, 1.82) is 0 Å². The average Bonchev–Trinajstić information content (AvgIpc) is 3.37. The number of benzene rings is 3. The van der Waals surface area contributed by atoms with E-state index in [0.717, 1.165) is 26.1 Å². The van der Waals surface area contributed by atoms with Crippen LogP contribution in [-0.2, 0) is 6.61 Å². The van der Waals surface area contributed by atoms with Gasteiger partial charge in [0.2, 0.25) is 0 Å². The highest BCUT2D eigenvalue weighted by molar-refractivity contribution is 14.1. The van der Waals surface area contributed by atoms with Gasteiger partial charge in [0.05, 0.1) is 11.4 Å². The normalized spacial score (nSPS) is 11.2. The molecule has 0 spiro atoms. The number of tetrazole rings is 1. The van der Waals surface area contributed by atoms with E-state index in [-0.39, 0.29) is 5.91 Å². The van der Waals surface area contributed by atoms with Crippen molar-refractivity contribution in [2.75, 3.05) is 0 Å². The fourth-order valence-corrected chi connectivity index (χ4v) is 3.23. The number of rotatable bonds is 7. The van der Waals surface area contributed by atoms with E-state index in [4.69, 9.17) is 4.74 Å².